The Hall–Kier alpha value is -0.430. The molecule has 0 saturated carbocycles. The van der Waals surface area contributed by atoms with Gasteiger partial charge in [-0.1, -0.05) is 31.5 Å². The summed E-state index contributed by atoms with van der Waals surface area (Å²) in [7, 11) is 0. The molecule has 0 aliphatic heterocycles. The van der Waals surface area contributed by atoms with Crippen molar-refractivity contribution in [1.82, 2.24) is 0 Å². The molecule has 0 heterocycles. The van der Waals surface area contributed by atoms with Gasteiger partial charge in [0.05, 0.1) is 0 Å². The molecule has 0 aromatic heterocycles. The van der Waals surface area contributed by atoms with E-state index in [1.165, 1.54) is 16.2 Å². The molecule has 0 bridgehead atoms. The SMILES string of the molecule is Cc1cccc(SCC(C)C)c1. The first-order chi connectivity index (χ1) is 5.68. The number of benzene rings is 1. The zero-order valence-electron chi connectivity index (χ0n) is 8.00. The lowest BCUT2D eigenvalue weighted by Crippen LogP contribution is -1.89. The van der Waals surface area contributed by atoms with E-state index in [4.69, 9.17) is 0 Å². The van der Waals surface area contributed by atoms with Crippen molar-refractivity contribution in [3.63, 3.8) is 0 Å². The van der Waals surface area contributed by atoms with Crippen molar-refractivity contribution in [2.45, 2.75) is 25.7 Å². The van der Waals surface area contributed by atoms with E-state index in [1.54, 1.807) is 0 Å². The zero-order valence-corrected chi connectivity index (χ0v) is 8.82. The standard InChI is InChI=1S/C11H16S/c1-9(2)8-12-11-6-4-5-10(3)7-11/h4-7,9H,8H2,1-3H3. The first-order valence-electron chi connectivity index (χ1n) is 4.38. The van der Waals surface area contributed by atoms with E-state index in [2.05, 4.69) is 45.0 Å². The molecule has 0 nitrogen and oxygen atoms in total. The highest BCUT2D eigenvalue weighted by atomic mass is 32.2. The third kappa shape index (κ3) is 3.31. The van der Waals surface area contributed by atoms with Gasteiger partial charge in [0.25, 0.3) is 0 Å². The van der Waals surface area contributed by atoms with Gasteiger partial charge in [0, 0.05) is 10.6 Å². The van der Waals surface area contributed by atoms with Gasteiger partial charge in [0.15, 0.2) is 0 Å². The van der Waals surface area contributed by atoms with E-state index in [1.807, 2.05) is 11.8 Å². The molecule has 1 aromatic carbocycles. The molecule has 0 saturated heterocycles. The summed E-state index contributed by atoms with van der Waals surface area (Å²) in [6.07, 6.45) is 0. The van der Waals surface area contributed by atoms with Crippen molar-refractivity contribution in [3.8, 4) is 0 Å². The van der Waals surface area contributed by atoms with Gasteiger partial charge in [-0.05, 0) is 25.0 Å². The molecule has 0 unspecified atom stereocenters. The van der Waals surface area contributed by atoms with E-state index in [0.717, 1.165) is 5.92 Å². The molecule has 1 heteroatoms. The summed E-state index contributed by atoms with van der Waals surface area (Å²) in [5.41, 5.74) is 1.35. The Bertz CT molecular complexity index is 241. The van der Waals surface area contributed by atoms with Crippen molar-refractivity contribution in [2.24, 2.45) is 5.92 Å². The quantitative estimate of drug-likeness (QED) is 0.638. The number of hydrogen-bond acceptors (Lipinski definition) is 1. The molecule has 1 aromatic rings. The molecule has 0 aliphatic carbocycles. The summed E-state index contributed by atoms with van der Waals surface area (Å²) in [5, 5.41) is 0. The summed E-state index contributed by atoms with van der Waals surface area (Å²) in [6, 6.07) is 8.69. The van der Waals surface area contributed by atoms with Crippen LogP contribution < -0.4 is 0 Å². The fraction of sp³-hybridized carbons (Fsp3) is 0.455. The van der Waals surface area contributed by atoms with Crippen LogP contribution in [0.25, 0.3) is 0 Å². The smallest absolute Gasteiger partial charge is 0.00746 e. The molecule has 0 amide bonds. The number of thioether (sulfide) groups is 1. The summed E-state index contributed by atoms with van der Waals surface area (Å²) in [5.74, 6) is 1.99. The second-order valence-electron chi connectivity index (χ2n) is 3.52. The van der Waals surface area contributed by atoms with E-state index >= 15 is 0 Å². The Morgan fingerprint density at radius 1 is 1.33 bits per heavy atom. The fourth-order valence-corrected chi connectivity index (χ4v) is 1.94. The van der Waals surface area contributed by atoms with Gasteiger partial charge >= 0.3 is 0 Å². The van der Waals surface area contributed by atoms with Crippen LogP contribution in [0.15, 0.2) is 29.2 Å². The van der Waals surface area contributed by atoms with Crippen LogP contribution in [0, 0.1) is 12.8 Å². The van der Waals surface area contributed by atoms with Gasteiger partial charge in [-0.15, -0.1) is 11.8 Å². The van der Waals surface area contributed by atoms with Crippen molar-refractivity contribution in [1.29, 1.82) is 0 Å². The van der Waals surface area contributed by atoms with Crippen LogP contribution in [0.5, 0.6) is 0 Å². The number of aryl methyl sites for hydroxylation is 1. The van der Waals surface area contributed by atoms with E-state index < -0.39 is 0 Å². The predicted molar refractivity (Wildman–Crippen MR) is 56.7 cm³/mol. The molecule has 12 heavy (non-hydrogen) atoms. The molecule has 0 radical (unpaired) electrons. The van der Waals surface area contributed by atoms with Crippen molar-refractivity contribution in [2.75, 3.05) is 5.75 Å². The van der Waals surface area contributed by atoms with Gasteiger partial charge in [0.1, 0.15) is 0 Å². The topological polar surface area (TPSA) is 0 Å². The number of rotatable bonds is 3. The molecular formula is C11H16S. The first-order valence-corrected chi connectivity index (χ1v) is 5.36. The zero-order chi connectivity index (χ0) is 8.97. The van der Waals surface area contributed by atoms with Gasteiger partial charge < -0.3 is 0 Å². The van der Waals surface area contributed by atoms with Crippen LogP contribution in [-0.2, 0) is 0 Å². The van der Waals surface area contributed by atoms with Gasteiger partial charge in [-0.3, -0.25) is 0 Å². The van der Waals surface area contributed by atoms with Crippen LogP contribution in [-0.4, -0.2) is 5.75 Å². The van der Waals surface area contributed by atoms with Gasteiger partial charge in [0.2, 0.25) is 0 Å². The normalized spacial score (nSPS) is 10.7. The van der Waals surface area contributed by atoms with Crippen molar-refractivity contribution < 1.29 is 0 Å². The second kappa shape index (κ2) is 4.56. The summed E-state index contributed by atoms with van der Waals surface area (Å²) in [6.45, 7) is 6.64. The van der Waals surface area contributed by atoms with E-state index in [9.17, 15) is 0 Å². The van der Waals surface area contributed by atoms with Crippen LogP contribution in [0.2, 0.25) is 0 Å². The Kier molecular flexibility index (Phi) is 3.67. The summed E-state index contributed by atoms with van der Waals surface area (Å²) < 4.78 is 0. The Labute approximate surface area is 79.4 Å². The maximum atomic E-state index is 2.25. The molecule has 1 rings (SSSR count). The minimum atomic E-state index is 0.774. The van der Waals surface area contributed by atoms with Crippen LogP contribution in [0.3, 0.4) is 0 Å². The number of hydrogen-bond donors (Lipinski definition) is 0. The third-order valence-electron chi connectivity index (χ3n) is 1.57. The fourth-order valence-electron chi connectivity index (χ4n) is 0.968. The monoisotopic (exact) mass is 180 g/mol. The Morgan fingerprint density at radius 2 is 2.08 bits per heavy atom. The highest BCUT2D eigenvalue weighted by molar-refractivity contribution is 7.99. The molecule has 66 valence electrons. The minimum absolute atomic E-state index is 0.774. The minimum Gasteiger partial charge on any atom is -0.126 e. The van der Waals surface area contributed by atoms with Crippen LogP contribution in [0.1, 0.15) is 19.4 Å². The van der Waals surface area contributed by atoms with Crippen LogP contribution in [0.4, 0.5) is 0 Å². The average Bonchev–Trinajstić information content (AvgIpc) is 2.01. The van der Waals surface area contributed by atoms with E-state index in [0.29, 0.717) is 0 Å². The predicted octanol–water partition coefficient (Wildman–Crippen LogP) is 3.74. The van der Waals surface area contributed by atoms with E-state index in [-0.39, 0.29) is 0 Å². The molecular weight excluding hydrogens is 164 g/mol. The molecule has 0 fully saturated rings. The maximum Gasteiger partial charge on any atom is 0.00746 e. The lowest BCUT2D eigenvalue weighted by molar-refractivity contribution is 0.750. The Morgan fingerprint density at radius 3 is 2.67 bits per heavy atom. The van der Waals surface area contributed by atoms with Crippen molar-refractivity contribution >= 4 is 11.8 Å². The highest BCUT2D eigenvalue weighted by Gasteiger charge is 1.96. The molecule has 0 N–H and O–H groups in total. The lowest BCUT2D eigenvalue weighted by atomic mass is 10.2. The highest BCUT2D eigenvalue weighted by Crippen LogP contribution is 2.20. The third-order valence-corrected chi connectivity index (χ3v) is 2.99. The van der Waals surface area contributed by atoms with Crippen molar-refractivity contribution in [3.05, 3.63) is 29.8 Å². The molecule has 0 atom stereocenters. The Balaban J connectivity index is 2.52. The van der Waals surface area contributed by atoms with Crippen LogP contribution >= 0.6 is 11.8 Å². The second-order valence-corrected chi connectivity index (χ2v) is 4.61. The molecule has 0 aliphatic rings. The summed E-state index contributed by atoms with van der Waals surface area (Å²) >= 11 is 1.94. The average molecular weight is 180 g/mol. The summed E-state index contributed by atoms with van der Waals surface area (Å²) in [4.78, 5) is 1.39. The lowest BCUT2D eigenvalue weighted by Gasteiger charge is -2.04. The largest absolute Gasteiger partial charge is 0.126 e. The van der Waals surface area contributed by atoms with Gasteiger partial charge in [-0.2, -0.15) is 0 Å². The maximum absolute atomic E-state index is 2.25. The first kappa shape index (κ1) is 9.66. The van der Waals surface area contributed by atoms with Gasteiger partial charge in [-0.25, -0.2) is 0 Å². The molecule has 0 spiro atoms.